The Balaban J connectivity index is 2.05. The minimum absolute atomic E-state index is 0.0290. The SMILES string of the molecule is CCN(CC)S(=O)(=O)c1ccc(CCC(=O)OC(C(=O)NC(=O)NC)c2ccccc2)cc1. The topological polar surface area (TPSA) is 122 Å². The number of imide groups is 1. The van der Waals surface area contributed by atoms with Gasteiger partial charge in [-0.3, -0.25) is 14.9 Å². The maximum atomic E-state index is 12.6. The summed E-state index contributed by atoms with van der Waals surface area (Å²) in [7, 11) is -2.19. The molecule has 0 aromatic heterocycles. The summed E-state index contributed by atoms with van der Waals surface area (Å²) in [5.41, 5.74) is 1.18. The third kappa shape index (κ3) is 7.13. The molecule has 9 nitrogen and oxygen atoms in total. The molecule has 0 bridgehead atoms. The van der Waals surface area contributed by atoms with Crippen LogP contribution in [0.2, 0.25) is 0 Å². The molecule has 2 N–H and O–H groups in total. The van der Waals surface area contributed by atoms with E-state index < -0.39 is 34.0 Å². The predicted octanol–water partition coefficient (Wildman–Crippen LogP) is 2.39. The summed E-state index contributed by atoms with van der Waals surface area (Å²) in [6, 6.07) is 14.0. The molecule has 0 aliphatic rings. The van der Waals surface area contributed by atoms with Crippen LogP contribution >= 0.6 is 0 Å². The number of nitrogens with zero attached hydrogens (tertiary/aromatic N) is 1. The van der Waals surface area contributed by atoms with Crippen molar-refractivity contribution < 1.29 is 27.5 Å². The van der Waals surface area contributed by atoms with Crippen molar-refractivity contribution in [2.45, 2.75) is 37.7 Å². The Morgan fingerprint density at radius 3 is 2.12 bits per heavy atom. The van der Waals surface area contributed by atoms with Crippen LogP contribution < -0.4 is 10.6 Å². The van der Waals surface area contributed by atoms with Crippen LogP contribution in [0.1, 0.15) is 37.5 Å². The molecule has 0 saturated heterocycles. The first-order chi connectivity index (χ1) is 15.7. The summed E-state index contributed by atoms with van der Waals surface area (Å²) in [5.74, 6) is -1.39. The molecule has 0 radical (unpaired) electrons. The minimum atomic E-state index is -3.55. The van der Waals surface area contributed by atoms with Crippen molar-refractivity contribution in [1.29, 1.82) is 0 Å². The lowest BCUT2D eigenvalue weighted by atomic mass is 10.1. The number of rotatable bonds is 10. The molecule has 1 unspecified atom stereocenters. The van der Waals surface area contributed by atoms with E-state index in [0.717, 1.165) is 5.56 Å². The van der Waals surface area contributed by atoms with E-state index in [1.165, 1.54) is 23.5 Å². The van der Waals surface area contributed by atoms with Crippen LogP contribution in [-0.2, 0) is 30.8 Å². The Kier molecular flexibility index (Phi) is 9.56. The van der Waals surface area contributed by atoms with Gasteiger partial charge in [-0.05, 0) is 24.1 Å². The van der Waals surface area contributed by atoms with Crippen molar-refractivity contribution in [3.05, 3.63) is 65.7 Å². The quantitative estimate of drug-likeness (QED) is 0.509. The number of esters is 1. The number of carbonyl (C=O) groups excluding carboxylic acids is 3. The van der Waals surface area contributed by atoms with Crippen LogP contribution in [0.15, 0.2) is 59.5 Å². The second-order valence-corrected chi connectivity index (χ2v) is 9.02. The third-order valence-electron chi connectivity index (χ3n) is 4.94. The van der Waals surface area contributed by atoms with Crippen LogP contribution in [0, 0.1) is 0 Å². The number of urea groups is 1. The Morgan fingerprint density at radius 1 is 0.970 bits per heavy atom. The molecular formula is C23H29N3O6S. The number of benzene rings is 2. The maximum Gasteiger partial charge on any atom is 0.321 e. The number of amides is 3. The van der Waals surface area contributed by atoms with Gasteiger partial charge in [0.25, 0.3) is 5.91 Å². The zero-order chi connectivity index (χ0) is 24.4. The summed E-state index contributed by atoms with van der Waals surface area (Å²) >= 11 is 0. The number of carbonyl (C=O) groups is 3. The Hall–Kier alpha value is -3.24. The second kappa shape index (κ2) is 12.1. The smallest absolute Gasteiger partial charge is 0.321 e. The number of hydrogen-bond donors (Lipinski definition) is 2. The van der Waals surface area contributed by atoms with Gasteiger partial charge in [-0.25, -0.2) is 13.2 Å². The molecule has 0 saturated carbocycles. The lowest BCUT2D eigenvalue weighted by Gasteiger charge is -2.18. The fourth-order valence-electron chi connectivity index (χ4n) is 3.12. The Morgan fingerprint density at radius 2 is 1.58 bits per heavy atom. The number of sulfonamides is 1. The van der Waals surface area contributed by atoms with Gasteiger partial charge in [0.05, 0.1) is 4.90 Å². The zero-order valence-corrected chi connectivity index (χ0v) is 19.7. The van der Waals surface area contributed by atoms with Gasteiger partial charge in [0.15, 0.2) is 0 Å². The summed E-state index contributed by atoms with van der Waals surface area (Å²) in [4.78, 5) is 36.6. The number of ether oxygens (including phenoxy) is 1. The highest BCUT2D eigenvalue weighted by Gasteiger charge is 2.26. The second-order valence-electron chi connectivity index (χ2n) is 7.08. The molecule has 0 heterocycles. The normalized spacial score (nSPS) is 12.1. The molecule has 0 aliphatic carbocycles. The van der Waals surface area contributed by atoms with E-state index in [0.29, 0.717) is 25.1 Å². The van der Waals surface area contributed by atoms with E-state index in [2.05, 4.69) is 10.6 Å². The fraction of sp³-hybridized carbons (Fsp3) is 0.348. The standard InChI is InChI=1S/C23H29N3O6S/c1-4-26(5-2)33(30,31)19-14-11-17(12-15-19)13-16-20(27)32-21(18-9-7-6-8-10-18)22(28)25-23(29)24-3/h6-12,14-15,21H,4-5,13,16H2,1-3H3,(H2,24,25,28,29). The molecule has 178 valence electrons. The summed E-state index contributed by atoms with van der Waals surface area (Å²) in [6.45, 7) is 4.31. The van der Waals surface area contributed by atoms with Crippen LogP contribution in [0.5, 0.6) is 0 Å². The van der Waals surface area contributed by atoms with Crippen LogP contribution in [0.4, 0.5) is 4.79 Å². The van der Waals surface area contributed by atoms with Crippen LogP contribution in [-0.4, -0.2) is 50.8 Å². The Bertz CT molecular complexity index is 1050. The van der Waals surface area contributed by atoms with Gasteiger partial charge in [-0.2, -0.15) is 4.31 Å². The average molecular weight is 476 g/mol. The molecule has 2 aromatic rings. The first-order valence-electron chi connectivity index (χ1n) is 10.6. The molecule has 1 atom stereocenters. The van der Waals surface area contributed by atoms with Crippen molar-refractivity contribution in [3.63, 3.8) is 0 Å². The van der Waals surface area contributed by atoms with E-state index in [9.17, 15) is 22.8 Å². The van der Waals surface area contributed by atoms with Gasteiger partial charge in [0.1, 0.15) is 0 Å². The molecular weight excluding hydrogens is 446 g/mol. The zero-order valence-electron chi connectivity index (χ0n) is 18.9. The molecule has 3 amide bonds. The van der Waals surface area contributed by atoms with Crippen molar-refractivity contribution in [3.8, 4) is 0 Å². The van der Waals surface area contributed by atoms with Crippen molar-refractivity contribution in [1.82, 2.24) is 14.9 Å². The lowest BCUT2D eigenvalue weighted by molar-refractivity contribution is -0.156. The molecule has 0 spiro atoms. The molecule has 2 aromatic carbocycles. The number of nitrogens with one attached hydrogen (secondary N) is 2. The minimum Gasteiger partial charge on any atom is -0.447 e. The summed E-state index contributed by atoms with van der Waals surface area (Å²) in [5, 5.41) is 4.39. The third-order valence-corrected chi connectivity index (χ3v) is 7.00. The van der Waals surface area contributed by atoms with Crippen LogP contribution in [0.3, 0.4) is 0 Å². The average Bonchev–Trinajstić information content (AvgIpc) is 2.82. The van der Waals surface area contributed by atoms with Gasteiger partial charge in [0.2, 0.25) is 16.1 Å². The van der Waals surface area contributed by atoms with E-state index in [1.807, 2.05) is 0 Å². The molecule has 33 heavy (non-hydrogen) atoms. The summed E-state index contributed by atoms with van der Waals surface area (Å²) < 4.78 is 31.9. The van der Waals surface area contributed by atoms with Crippen molar-refractivity contribution >= 4 is 27.9 Å². The summed E-state index contributed by atoms with van der Waals surface area (Å²) in [6.07, 6.45) is -1.01. The van der Waals surface area contributed by atoms with Gasteiger partial charge in [0, 0.05) is 32.1 Å². The van der Waals surface area contributed by atoms with E-state index >= 15 is 0 Å². The van der Waals surface area contributed by atoms with E-state index in [1.54, 1.807) is 56.3 Å². The number of aryl methyl sites for hydroxylation is 1. The molecule has 0 fully saturated rings. The maximum absolute atomic E-state index is 12.6. The first-order valence-corrected chi connectivity index (χ1v) is 12.0. The van der Waals surface area contributed by atoms with Crippen LogP contribution in [0.25, 0.3) is 0 Å². The number of hydrogen-bond acceptors (Lipinski definition) is 6. The highest BCUT2D eigenvalue weighted by Crippen LogP contribution is 2.20. The molecule has 0 aliphatic heterocycles. The predicted molar refractivity (Wildman–Crippen MR) is 123 cm³/mol. The van der Waals surface area contributed by atoms with Crippen molar-refractivity contribution in [2.75, 3.05) is 20.1 Å². The van der Waals surface area contributed by atoms with Gasteiger partial charge in [-0.1, -0.05) is 56.3 Å². The first kappa shape index (κ1) is 26.0. The fourth-order valence-corrected chi connectivity index (χ4v) is 4.58. The van der Waals surface area contributed by atoms with E-state index in [-0.39, 0.29) is 11.3 Å². The highest BCUT2D eigenvalue weighted by atomic mass is 32.2. The largest absolute Gasteiger partial charge is 0.447 e. The van der Waals surface area contributed by atoms with Gasteiger partial charge < -0.3 is 10.1 Å². The molecule has 2 rings (SSSR count). The van der Waals surface area contributed by atoms with E-state index in [4.69, 9.17) is 4.74 Å². The van der Waals surface area contributed by atoms with Gasteiger partial charge >= 0.3 is 12.0 Å². The molecule has 10 heteroatoms. The Labute approximate surface area is 194 Å². The van der Waals surface area contributed by atoms with Gasteiger partial charge in [-0.15, -0.1) is 0 Å². The lowest BCUT2D eigenvalue weighted by Crippen LogP contribution is -2.41. The monoisotopic (exact) mass is 475 g/mol. The highest BCUT2D eigenvalue weighted by molar-refractivity contribution is 7.89. The van der Waals surface area contributed by atoms with Crippen molar-refractivity contribution in [2.24, 2.45) is 0 Å².